The summed E-state index contributed by atoms with van der Waals surface area (Å²) >= 11 is 0. The number of ether oxygens (including phenoxy) is 1. The molecule has 1 aromatic heterocycles. The van der Waals surface area contributed by atoms with Crippen LogP contribution in [0.15, 0.2) is 57.8 Å². The second-order valence-electron chi connectivity index (χ2n) is 5.55. The van der Waals surface area contributed by atoms with Crippen molar-refractivity contribution in [3.8, 4) is 22.8 Å². The topological polar surface area (TPSA) is 106 Å². The van der Waals surface area contributed by atoms with Crippen LogP contribution in [0.4, 0.5) is 14.7 Å². The first kappa shape index (κ1) is 19.4. The molecule has 146 valence electrons. The summed E-state index contributed by atoms with van der Waals surface area (Å²) in [6.07, 6.45) is 0. The minimum atomic E-state index is -4.21. The fraction of sp³-hybridized carbons (Fsp3) is 0.0556. The van der Waals surface area contributed by atoms with E-state index in [1.807, 2.05) is 4.72 Å². The molecule has 0 atom stereocenters. The van der Waals surface area contributed by atoms with Crippen LogP contribution in [0.5, 0.6) is 11.5 Å². The van der Waals surface area contributed by atoms with Crippen molar-refractivity contribution < 1.29 is 36.3 Å². The van der Waals surface area contributed by atoms with Gasteiger partial charge >= 0.3 is 5.97 Å². The van der Waals surface area contributed by atoms with Gasteiger partial charge in [0.15, 0.2) is 5.76 Å². The van der Waals surface area contributed by atoms with E-state index in [-0.39, 0.29) is 4.90 Å². The Morgan fingerprint density at radius 1 is 1.07 bits per heavy atom. The first-order valence-electron chi connectivity index (χ1n) is 7.77. The molecule has 2 aromatic carbocycles. The van der Waals surface area contributed by atoms with Gasteiger partial charge in [-0.2, -0.15) is 0 Å². The van der Waals surface area contributed by atoms with E-state index in [0.717, 1.165) is 25.1 Å². The van der Waals surface area contributed by atoms with Gasteiger partial charge in [-0.1, -0.05) is 24.3 Å². The maximum atomic E-state index is 14.1. The molecule has 10 heteroatoms. The van der Waals surface area contributed by atoms with Crippen LogP contribution in [0.25, 0.3) is 11.3 Å². The molecule has 0 radical (unpaired) electrons. The molecule has 0 bridgehead atoms. The minimum absolute atomic E-state index is 0.154. The van der Waals surface area contributed by atoms with Gasteiger partial charge in [0.1, 0.15) is 11.6 Å². The summed E-state index contributed by atoms with van der Waals surface area (Å²) in [6.45, 7) is 0.991. The van der Waals surface area contributed by atoms with E-state index in [1.54, 1.807) is 6.07 Å². The molecule has 1 heterocycles. The summed E-state index contributed by atoms with van der Waals surface area (Å²) in [5.41, 5.74) is -0.751. The normalized spacial score (nSPS) is 11.2. The van der Waals surface area contributed by atoms with Crippen LogP contribution in [0, 0.1) is 11.6 Å². The van der Waals surface area contributed by atoms with Crippen LogP contribution in [0.2, 0.25) is 0 Å². The van der Waals surface area contributed by atoms with Crippen LogP contribution in [-0.2, 0) is 14.8 Å². The first-order valence-corrected chi connectivity index (χ1v) is 9.25. The Hall–Kier alpha value is -3.40. The van der Waals surface area contributed by atoms with Crippen molar-refractivity contribution in [2.24, 2.45) is 0 Å². The van der Waals surface area contributed by atoms with Crippen molar-refractivity contribution in [2.45, 2.75) is 11.8 Å². The highest BCUT2D eigenvalue weighted by atomic mass is 32.2. The molecule has 0 unspecified atom stereocenters. The number of sulfonamides is 1. The van der Waals surface area contributed by atoms with Gasteiger partial charge in [-0.25, -0.2) is 21.9 Å². The largest absolute Gasteiger partial charge is 0.502 e. The zero-order valence-corrected chi connectivity index (χ0v) is 15.1. The number of anilines is 1. The van der Waals surface area contributed by atoms with E-state index >= 15 is 0 Å². The lowest BCUT2D eigenvalue weighted by atomic mass is 10.1. The number of furan rings is 1. The van der Waals surface area contributed by atoms with Gasteiger partial charge in [0.05, 0.1) is 10.5 Å². The molecule has 7 nitrogen and oxygen atoms in total. The number of benzene rings is 2. The maximum Gasteiger partial charge on any atom is 0.308 e. The van der Waals surface area contributed by atoms with Crippen molar-refractivity contribution in [3.63, 3.8) is 0 Å². The van der Waals surface area contributed by atoms with E-state index in [2.05, 4.69) is 0 Å². The Balaban J connectivity index is 2.15. The zero-order chi connectivity index (χ0) is 20.5. The number of rotatable bonds is 5. The SMILES string of the molecule is CC(=O)Oc1c(NS(=O)(=O)c2ccccc2)oc(-c2c(F)cccc2F)c1O. The minimum Gasteiger partial charge on any atom is -0.502 e. The predicted octanol–water partition coefficient (Wildman–Crippen LogP) is 3.66. The Labute approximate surface area is 158 Å². The smallest absolute Gasteiger partial charge is 0.308 e. The van der Waals surface area contributed by atoms with E-state index < -0.39 is 56.3 Å². The van der Waals surface area contributed by atoms with Crippen LogP contribution in [0.1, 0.15) is 6.92 Å². The van der Waals surface area contributed by atoms with Crippen molar-refractivity contribution in [3.05, 3.63) is 60.2 Å². The fourth-order valence-electron chi connectivity index (χ4n) is 2.38. The first-order chi connectivity index (χ1) is 13.2. The van der Waals surface area contributed by atoms with Gasteiger partial charge in [-0.15, -0.1) is 0 Å². The monoisotopic (exact) mass is 409 g/mol. The number of halogens is 2. The van der Waals surface area contributed by atoms with Gasteiger partial charge in [-0.3, -0.25) is 4.79 Å². The molecule has 0 fully saturated rings. The van der Waals surface area contributed by atoms with Crippen molar-refractivity contribution in [2.75, 3.05) is 4.72 Å². The fourth-order valence-corrected chi connectivity index (χ4v) is 3.39. The van der Waals surface area contributed by atoms with E-state index in [4.69, 9.17) is 9.15 Å². The zero-order valence-electron chi connectivity index (χ0n) is 14.3. The number of carbonyl (C=O) groups is 1. The molecule has 28 heavy (non-hydrogen) atoms. The molecular weight excluding hydrogens is 396 g/mol. The highest BCUT2D eigenvalue weighted by molar-refractivity contribution is 7.92. The number of esters is 1. The molecule has 3 aromatic rings. The van der Waals surface area contributed by atoms with Crippen LogP contribution in [0.3, 0.4) is 0 Å². The molecular formula is C18H13F2NO6S. The second-order valence-corrected chi connectivity index (χ2v) is 7.23. The number of nitrogens with one attached hydrogen (secondary N) is 1. The molecule has 0 saturated carbocycles. The number of carbonyl (C=O) groups excluding carboxylic acids is 1. The maximum absolute atomic E-state index is 14.1. The van der Waals surface area contributed by atoms with Crippen molar-refractivity contribution in [1.82, 2.24) is 0 Å². The molecule has 0 aliphatic heterocycles. The third-order valence-electron chi connectivity index (χ3n) is 3.56. The summed E-state index contributed by atoms with van der Waals surface area (Å²) in [5.74, 6) is -6.18. The summed E-state index contributed by atoms with van der Waals surface area (Å²) in [5, 5.41) is 10.3. The van der Waals surface area contributed by atoms with Crippen LogP contribution >= 0.6 is 0 Å². The molecule has 0 spiro atoms. The summed E-state index contributed by atoms with van der Waals surface area (Å²) in [6, 6.07) is 10.0. The lowest BCUT2D eigenvalue weighted by Crippen LogP contribution is -2.13. The molecule has 0 saturated heterocycles. The Bertz CT molecular complexity index is 1120. The molecule has 2 N–H and O–H groups in total. The lowest BCUT2D eigenvalue weighted by molar-refractivity contribution is -0.131. The predicted molar refractivity (Wildman–Crippen MR) is 94.3 cm³/mol. The van der Waals surface area contributed by atoms with Gasteiger partial charge in [0.25, 0.3) is 15.9 Å². The average Bonchev–Trinajstić information content (AvgIpc) is 2.91. The number of hydrogen-bond acceptors (Lipinski definition) is 6. The Kier molecular flexibility index (Phi) is 5.06. The highest BCUT2D eigenvalue weighted by Crippen LogP contribution is 2.48. The lowest BCUT2D eigenvalue weighted by Gasteiger charge is -2.07. The van der Waals surface area contributed by atoms with E-state index in [0.29, 0.717) is 0 Å². The van der Waals surface area contributed by atoms with Gasteiger partial charge in [0.2, 0.25) is 11.5 Å². The van der Waals surface area contributed by atoms with E-state index in [9.17, 15) is 27.1 Å². The quantitative estimate of drug-likeness (QED) is 0.623. The van der Waals surface area contributed by atoms with Gasteiger partial charge in [0, 0.05) is 6.92 Å². The molecule has 0 amide bonds. The van der Waals surface area contributed by atoms with E-state index in [1.165, 1.54) is 24.3 Å². The standard InChI is InChI=1S/C18H13F2NO6S/c1-10(22)26-17-15(23)16(14-12(19)8-5-9-13(14)20)27-18(17)21-28(24,25)11-6-3-2-4-7-11/h2-9,21,23H,1H3. The van der Waals surface area contributed by atoms with Gasteiger partial charge < -0.3 is 14.3 Å². The molecule has 0 aliphatic carbocycles. The van der Waals surface area contributed by atoms with Crippen LogP contribution < -0.4 is 9.46 Å². The third kappa shape index (κ3) is 3.67. The molecule has 0 aliphatic rings. The number of aromatic hydroxyl groups is 1. The van der Waals surface area contributed by atoms with Gasteiger partial charge in [-0.05, 0) is 24.3 Å². The number of hydrogen-bond donors (Lipinski definition) is 2. The third-order valence-corrected chi connectivity index (χ3v) is 4.90. The second kappa shape index (κ2) is 7.31. The summed E-state index contributed by atoms with van der Waals surface area (Å²) < 4.78 is 65.0. The average molecular weight is 409 g/mol. The van der Waals surface area contributed by atoms with Crippen molar-refractivity contribution in [1.29, 1.82) is 0 Å². The Morgan fingerprint density at radius 2 is 1.68 bits per heavy atom. The summed E-state index contributed by atoms with van der Waals surface area (Å²) in [4.78, 5) is 11.2. The summed E-state index contributed by atoms with van der Waals surface area (Å²) in [7, 11) is -4.21. The Morgan fingerprint density at radius 3 is 2.25 bits per heavy atom. The highest BCUT2D eigenvalue weighted by Gasteiger charge is 2.30. The van der Waals surface area contributed by atoms with Crippen LogP contribution in [-0.4, -0.2) is 19.5 Å². The molecule has 3 rings (SSSR count). The van der Waals surface area contributed by atoms with Crippen molar-refractivity contribution >= 4 is 21.9 Å².